The molecule has 0 heterocycles. The summed E-state index contributed by atoms with van der Waals surface area (Å²) in [5.74, 6) is 0. The van der Waals surface area contributed by atoms with Crippen LogP contribution < -0.4 is 9.80 Å². The van der Waals surface area contributed by atoms with Crippen LogP contribution in [0.1, 0.15) is 43.2 Å². The predicted molar refractivity (Wildman–Crippen MR) is 216 cm³/mol. The lowest BCUT2D eigenvalue weighted by Crippen LogP contribution is -2.28. The molecule has 0 unspecified atom stereocenters. The van der Waals surface area contributed by atoms with Crippen molar-refractivity contribution in [3.8, 4) is 22.3 Å². The predicted octanol–water partition coefficient (Wildman–Crippen LogP) is 14.2. The summed E-state index contributed by atoms with van der Waals surface area (Å²) in [6.07, 6.45) is 6.28. The van der Waals surface area contributed by atoms with Crippen molar-refractivity contribution in [2.75, 3.05) is 9.80 Å². The van der Waals surface area contributed by atoms with Crippen LogP contribution in [0.2, 0.25) is 5.02 Å². The van der Waals surface area contributed by atoms with E-state index in [1.807, 2.05) is 12.1 Å². The van der Waals surface area contributed by atoms with E-state index in [0.29, 0.717) is 0 Å². The number of hydrogen-bond acceptors (Lipinski definition) is 2. The molecule has 0 amide bonds. The summed E-state index contributed by atoms with van der Waals surface area (Å²) in [5, 5.41) is 0.748. The van der Waals surface area contributed by atoms with Gasteiger partial charge in [-0.1, -0.05) is 122 Å². The second kappa shape index (κ2) is 13.3. The molecule has 7 aromatic rings. The summed E-state index contributed by atoms with van der Waals surface area (Å²) in [7, 11) is 0. The van der Waals surface area contributed by atoms with E-state index in [1.54, 1.807) is 0 Å². The van der Waals surface area contributed by atoms with Crippen LogP contribution in [0, 0.1) is 0 Å². The number of nitrogens with zero attached hydrogens (tertiary/aromatic N) is 2. The maximum Gasteiger partial charge on any atom is 0.0465 e. The van der Waals surface area contributed by atoms with Gasteiger partial charge in [0.25, 0.3) is 0 Å². The Balaban J connectivity index is 1.16. The maximum atomic E-state index is 6.22. The summed E-state index contributed by atoms with van der Waals surface area (Å²) in [5.41, 5.74) is 15.0. The van der Waals surface area contributed by atoms with Gasteiger partial charge >= 0.3 is 0 Å². The Hall–Kier alpha value is -5.57. The van der Waals surface area contributed by atoms with Crippen LogP contribution in [0.4, 0.5) is 34.1 Å². The van der Waals surface area contributed by atoms with Gasteiger partial charge in [0.2, 0.25) is 0 Å². The highest BCUT2D eigenvalue weighted by Gasteiger charge is 2.43. The van der Waals surface area contributed by atoms with Crippen molar-refractivity contribution >= 4 is 45.7 Å². The van der Waals surface area contributed by atoms with Crippen LogP contribution in [0.3, 0.4) is 0 Å². The third-order valence-electron chi connectivity index (χ3n) is 10.9. The zero-order chi connectivity index (χ0) is 34.2. The standard InChI is InChI=1S/C48H39ClN2/c49-37-22-18-35(19-23-37)36-20-24-40(25-21-36)51(42-28-26-41(27-29-42)50(38-12-4-1-5-13-38)39-14-6-2-7-15-39)43-30-31-45-44-16-8-9-17-46(44)48(47(45)34-43)32-10-3-11-33-48/h1-2,4-9,12-31,34H,3,10-11,32-33H2. The molecule has 248 valence electrons. The Bertz CT molecular complexity index is 2230. The minimum absolute atomic E-state index is 0.0834. The molecule has 2 aliphatic carbocycles. The first kappa shape index (κ1) is 31.4. The second-order valence-electron chi connectivity index (χ2n) is 13.8. The number of hydrogen-bond donors (Lipinski definition) is 0. The molecule has 2 aliphatic rings. The summed E-state index contributed by atoms with van der Waals surface area (Å²) >= 11 is 6.22. The highest BCUT2D eigenvalue weighted by Crippen LogP contribution is 2.57. The lowest BCUT2D eigenvalue weighted by atomic mass is 9.68. The van der Waals surface area contributed by atoms with Gasteiger partial charge in [0, 0.05) is 44.6 Å². The Morgan fingerprint density at radius 2 is 0.804 bits per heavy atom. The van der Waals surface area contributed by atoms with Crippen molar-refractivity contribution in [3.05, 3.63) is 192 Å². The zero-order valence-electron chi connectivity index (χ0n) is 28.6. The van der Waals surface area contributed by atoms with Gasteiger partial charge in [-0.15, -0.1) is 0 Å². The second-order valence-corrected chi connectivity index (χ2v) is 14.3. The largest absolute Gasteiger partial charge is 0.311 e. The number of fused-ring (bicyclic) bond motifs is 5. The van der Waals surface area contributed by atoms with E-state index < -0.39 is 0 Å². The van der Waals surface area contributed by atoms with E-state index in [9.17, 15) is 0 Å². The van der Waals surface area contributed by atoms with E-state index >= 15 is 0 Å². The zero-order valence-corrected chi connectivity index (χ0v) is 29.3. The highest BCUT2D eigenvalue weighted by atomic mass is 35.5. The Labute approximate surface area is 306 Å². The Morgan fingerprint density at radius 1 is 0.373 bits per heavy atom. The number of para-hydroxylation sites is 2. The average Bonchev–Trinajstić information content (AvgIpc) is 3.45. The first-order valence-corrected chi connectivity index (χ1v) is 18.5. The van der Waals surface area contributed by atoms with Crippen molar-refractivity contribution in [2.45, 2.75) is 37.5 Å². The van der Waals surface area contributed by atoms with Gasteiger partial charge in [0.1, 0.15) is 0 Å². The molecule has 3 heteroatoms. The summed E-state index contributed by atoms with van der Waals surface area (Å²) in [6.45, 7) is 0. The molecule has 0 N–H and O–H groups in total. The van der Waals surface area contributed by atoms with E-state index in [1.165, 1.54) is 60.0 Å². The van der Waals surface area contributed by atoms with Gasteiger partial charge in [0.15, 0.2) is 0 Å². The van der Waals surface area contributed by atoms with Gasteiger partial charge in [-0.2, -0.15) is 0 Å². The van der Waals surface area contributed by atoms with Gasteiger partial charge in [0.05, 0.1) is 0 Å². The molecular weight excluding hydrogens is 640 g/mol. The molecule has 0 aliphatic heterocycles. The van der Waals surface area contributed by atoms with Gasteiger partial charge in [-0.25, -0.2) is 0 Å². The van der Waals surface area contributed by atoms with Crippen molar-refractivity contribution in [3.63, 3.8) is 0 Å². The fourth-order valence-electron chi connectivity index (χ4n) is 8.52. The molecule has 0 atom stereocenters. The van der Waals surface area contributed by atoms with Gasteiger partial charge < -0.3 is 9.80 Å². The fourth-order valence-corrected chi connectivity index (χ4v) is 8.65. The van der Waals surface area contributed by atoms with Crippen LogP contribution in [0.25, 0.3) is 22.3 Å². The van der Waals surface area contributed by atoms with Crippen LogP contribution in [-0.4, -0.2) is 0 Å². The molecule has 9 rings (SSSR count). The molecule has 0 saturated heterocycles. The fraction of sp³-hybridized carbons (Fsp3) is 0.125. The molecule has 2 nitrogen and oxygen atoms in total. The molecular formula is C48H39ClN2. The maximum absolute atomic E-state index is 6.22. The van der Waals surface area contributed by atoms with E-state index in [-0.39, 0.29) is 5.41 Å². The van der Waals surface area contributed by atoms with E-state index in [2.05, 4.69) is 174 Å². The van der Waals surface area contributed by atoms with E-state index in [0.717, 1.165) is 44.6 Å². The SMILES string of the molecule is Clc1ccc(-c2ccc(N(c3ccc(N(c4ccccc4)c4ccccc4)cc3)c3ccc4c(c3)C3(CCCCC3)c3ccccc3-4)cc2)cc1. The third kappa shape index (κ3) is 5.70. The molecule has 0 radical (unpaired) electrons. The highest BCUT2D eigenvalue weighted by molar-refractivity contribution is 6.30. The first-order chi connectivity index (χ1) is 25.2. The van der Waals surface area contributed by atoms with Crippen molar-refractivity contribution < 1.29 is 0 Å². The minimum atomic E-state index is 0.0834. The van der Waals surface area contributed by atoms with E-state index in [4.69, 9.17) is 11.6 Å². The number of halogens is 1. The molecule has 0 bridgehead atoms. The van der Waals surface area contributed by atoms with Crippen molar-refractivity contribution in [1.82, 2.24) is 0 Å². The van der Waals surface area contributed by atoms with Gasteiger partial charge in [-0.05, 0) is 131 Å². The lowest BCUT2D eigenvalue weighted by molar-refractivity contribution is 0.353. The monoisotopic (exact) mass is 678 g/mol. The normalized spacial score (nSPS) is 14.1. The average molecular weight is 679 g/mol. The third-order valence-corrected chi connectivity index (χ3v) is 11.2. The van der Waals surface area contributed by atoms with Crippen LogP contribution in [0.5, 0.6) is 0 Å². The minimum Gasteiger partial charge on any atom is -0.311 e. The summed E-state index contributed by atoms with van der Waals surface area (Å²) < 4.78 is 0. The summed E-state index contributed by atoms with van der Waals surface area (Å²) in [4.78, 5) is 4.74. The topological polar surface area (TPSA) is 6.48 Å². The van der Waals surface area contributed by atoms with Crippen molar-refractivity contribution in [2.24, 2.45) is 0 Å². The smallest absolute Gasteiger partial charge is 0.0465 e. The molecule has 0 aromatic heterocycles. The number of anilines is 6. The first-order valence-electron chi connectivity index (χ1n) is 18.1. The van der Waals surface area contributed by atoms with Crippen LogP contribution in [0.15, 0.2) is 176 Å². The Morgan fingerprint density at radius 3 is 1.39 bits per heavy atom. The van der Waals surface area contributed by atoms with Crippen molar-refractivity contribution in [1.29, 1.82) is 0 Å². The molecule has 51 heavy (non-hydrogen) atoms. The van der Waals surface area contributed by atoms with Gasteiger partial charge in [-0.3, -0.25) is 0 Å². The Kier molecular flexibility index (Phi) is 8.18. The summed E-state index contributed by atoms with van der Waals surface area (Å²) in [6, 6.07) is 63.6. The molecule has 1 saturated carbocycles. The molecule has 1 spiro atoms. The van der Waals surface area contributed by atoms with Crippen LogP contribution >= 0.6 is 11.6 Å². The quantitative estimate of drug-likeness (QED) is 0.165. The number of benzene rings is 7. The molecule has 7 aromatic carbocycles. The molecule has 1 fully saturated rings. The van der Waals surface area contributed by atoms with Crippen LogP contribution in [-0.2, 0) is 5.41 Å². The lowest BCUT2D eigenvalue weighted by Gasteiger charge is -2.36. The number of rotatable bonds is 7.